The van der Waals surface area contributed by atoms with E-state index < -0.39 is 23.3 Å². The van der Waals surface area contributed by atoms with Crippen LogP contribution in [0.4, 0.5) is 4.79 Å². The minimum atomic E-state index is -1.13. The van der Waals surface area contributed by atoms with E-state index in [2.05, 4.69) is 5.32 Å². The molecule has 90 valence electrons. The van der Waals surface area contributed by atoms with Crippen molar-refractivity contribution in [3.05, 3.63) is 0 Å². The molecule has 0 heterocycles. The smallest absolute Gasteiger partial charge is 0.407 e. The standard InChI is InChI=1S/C10H22N2O3/c1-7(10(5,14)6-11)12-8(13)15-9(2,3)4/h7,14H,6,11H2,1-5H3,(H,12,13)/t7-,10+/m1/s1. The van der Waals surface area contributed by atoms with E-state index in [9.17, 15) is 9.90 Å². The molecule has 0 aliphatic rings. The third-order valence-electron chi connectivity index (χ3n) is 2.08. The third-order valence-corrected chi connectivity index (χ3v) is 2.08. The number of aliphatic hydroxyl groups is 1. The van der Waals surface area contributed by atoms with E-state index in [1.165, 1.54) is 0 Å². The van der Waals surface area contributed by atoms with Gasteiger partial charge in [-0.2, -0.15) is 0 Å². The average molecular weight is 218 g/mol. The summed E-state index contributed by atoms with van der Waals surface area (Å²) in [6.07, 6.45) is -0.552. The van der Waals surface area contributed by atoms with Gasteiger partial charge in [0, 0.05) is 6.54 Å². The Hall–Kier alpha value is -0.810. The Morgan fingerprint density at radius 2 is 1.93 bits per heavy atom. The monoisotopic (exact) mass is 218 g/mol. The molecule has 5 nitrogen and oxygen atoms in total. The van der Waals surface area contributed by atoms with Crippen LogP contribution in [0.2, 0.25) is 0 Å². The molecule has 15 heavy (non-hydrogen) atoms. The lowest BCUT2D eigenvalue weighted by atomic mass is 9.99. The van der Waals surface area contributed by atoms with Crippen molar-refractivity contribution in [3.63, 3.8) is 0 Å². The van der Waals surface area contributed by atoms with Crippen molar-refractivity contribution in [2.24, 2.45) is 5.73 Å². The van der Waals surface area contributed by atoms with Gasteiger partial charge < -0.3 is 20.9 Å². The summed E-state index contributed by atoms with van der Waals surface area (Å²) in [5.74, 6) is 0. The van der Waals surface area contributed by atoms with Crippen LogP contribution in [0.25, 0.3) is 0 Å². The minimum Gasteiger partial charge on any atom is -0.444 e. The van der Waals surface area contributed by atoms with Crippen molar-refractivity contribution in [2.75, 3.05) is 6.54 Å². The maximum absolute atomic E-state index is 11.3. The Bertz CT molecular complexity index is 221. The first kappa shape index (κ1) is 14.2. The first-order chi connectivity index (χ1) is 6.58. The van der Waals surface area contributed by atoms with Crippen LogP contribution < -0.4 is 11.1 Å². The maximum atomic E-state index is 11.3. The SMILES string of the molecule is C[C@@H](NC(=O)OC(C)(C)C)[C@@](C)(O)CN. The van der Waals surface area contributed by atoms with Crippen LogP contribution in [0.5, 0.6) is 0 Å². The van der Waals surface area contributed by atoms with Crippen LogP contribution >= 0.6 is 0 Å². The van der Waals surface area contributed by atoms with Crippen LogP contribution in [0.15, 0.2) is 0 Å². The van der Waals surface area contributed by atoms with Crippen molar-refractivity contribution in [2.45, 2.75) is 51.9 Å². The second-order valence-corrected chi connectivity index (χ2v) is 4.93. The fraction of sp³-hybridized carbons (Fsp3) is 0.900. The van der Waals surface area contributed by atoms with Gasteiger partial charge in [-0.1, -0.05) is 0 Å². The molecule has 0 fully saturated rings. The summed E-state index contributed by atoms with van der Waals surface area (Å²) in [6, 6.07) is -0.461. The maximum Gasteiger partial charge on any atom is 0.407 e. The van der Waals surface area contributed by atoms with Crippen LogP contribution in [-0.4, -0.2) is 35.0 Å². The lowest BCUT2D eigenvalue weighted by molar-refractivity contribution is 0.0160. The molecule has 0 bridgehead atoms. The number of carbonyl (C=O) groups excluding carboxylic acids is 1. The molecule has 0 aliphatic heterocycles. The second-order valence-electron chi connectivity index (χ2n) is 4.93. The van der Waals surface area contributed by atoms with Crippen LogP contribution in [0.3, 0.4) is 0 Å². The number of carbonyl (C=O) groups is 1. The molecule has 5 heteroatoms. The van der Waals surface area contributed by atoms with E-state index in [4.69, 9.17) is 10.5 Å². The fourth-order valence-electron chi connectivity index (χ4n) is 0.817. The van der Waals surface area contributed by atoms with Crippen molar-refractivity contribution >= 4 is 6.09 Å². The first-order valence-corrected chi connectivity index (χ1v) is 5.00. The molecule has 0 radical (unpaired) electrons. The fourth-order valence-corrected chi connectivity index (χ4v) is 0.817. The van der Waals surface area contributed by atoms with Crippen LogP contribution in [0.1, 0.15) is 34.6 Å². The quantitative estimate of drug-likeness (QED) is 0.648. The van der Waals surface area contributed by atoms with Crippen molar-refractivity contribution < 1.29 is 14.6 Å². The van der Waals surface area contributed by atoms with Gasteiger partial charge in [0.1, 0.15) is 5.60 Å². The number of nitrogens with one attached hydrogen (secondary N) is 1. The van der Waals surface area contributed by atoms with Crippen LogP contribution in [-0.2, 0) is 4.74 Å². The number of alkyl carbamates (subject to hydrolysis) is 1. The highest BCUT2D eigenvalue weighted by Crippen LogP contribution is 2.10. The Kier molecular flexibility index (Phi) is 4.55. The Morgan fingerprint density at radius 3 is 2.27 bits per heavy atom. The van der Waals surface area contributed by atoms with Gasteiger partial charge in [0.2, 0.25) is 0 Å². The zero-order valence-electron chi connectivity index (χ0n) is 10.1. The normalized spacial score (nSPS) is 17.8. The highest BCUT2D eigenvalue weighted by molar-refractivity contribution is 5.68. The number of rotatable bonds is 3. The van der Waals surface area contributed by atoms with E-state index in [0.717, 1.165) is 0 Å². The third kappa shape index (κ3) is 5.59. The van der Waals surface area contributed by atoms with Gasteiger partial charge in [-0.3, -0.25) is 0 Å². The Labute approximate surface area is 91.0 Å². The van der Waals surface area contributed by atoms with Crippen LogP contribution in [0, 0.1) is 0 Å². The van der Waals surface area contributed by atoms with Crippen molar-refractivity contribution in [1.29, 1.82) is 0 Å². The first-order valence-electron chi connectivity index (χ1n) is 5.00. The number of nitrogens with two attached hydrogens (primary N) is 1. The molecule has 0 saturated heterocycles. The molecule has 0 spiro atoms. The van der Waals surface area contributed by atoms with E-state index in [-0.39, 0.29) is 6.54 Å². The second kappa shape index (κ2) is 4.81. The minimum absolute atomic E-state index is 0.0734. The summed E-state index contributed by atoms with van der Waals surface area (Å²) >= 11 is 0. The summed E-state index contributed by atoms with van der Waals surface area (Å²) in [6.45, 7) is 8.64. The topological polar surface area (TPSA) is 84.6 Å². The van der Waals surface area contributed by atoms with Gasteiger partial charge in [0.05, 0.1) is 11.6 Å². The number of amides is 1. The van der Waals surface area contributed by atoms with Gasteiger partial charge >= 0.3 is 6.09 Å². The summed E-state index contributed by atoms with van der Waals surface area (Å²) in [5, 5.41) is 12.3. The van der Waals surface area contributed by atoms with Crippen molar-refractivity contribution in [1.82, 2.24) is 5.32 Å². The van der Waals surface area contributed by atoms with E-state index in [0.29, 0.717) is 0 Å². The average Bonchev–Trinajstić information content (AvgIpc) is 2.00. The zero-order chi connectivity index (χ0) is 12.3. The summed E-state index contributed by atoms with van der Waals surface area (Å²) in [7, 11) is 0. The number of hydrogen-bond donors (Lipinski definition) is 3. The lowest BCUT2D eigenvalue weighted by Crippen LogP contribution is -2.54. The lowest BCUT2D eigenvalue weighted by Gasteiger charge is -2.30. The molecule has 1 amide bonds. The van der Waals surface area contributed by atoms with E-state index >= 15 is 0 Å². The number of ether oxygens (including phenoxy) is 1. The van der Waals surface area contributed by atoms with Gasteiger partial charge in [0.25, 0.3) is 0 Å². The summed E-state index contributed by atoms with van der Waals surface area (Å²) < 4.78 is 5.05. The molecule has 0 aromatic heterocycles. The molecule has 4 N–H and O–H groups in total. The highest BCUT2D eigenvalue weighted by Gasteiger charge is 2.29. The predicted molar refractivity (Wildman–Crippen MR) is 58.5 cm³/mol. The molecule has 0 unspecified atom stereocenters. The molecule has 2 atom stereocenters. The number of hydrogen-bond acceptors (Lipinski definition) is 4. The van der Waals surface area contributed by atoms with Gasteiger partial charge in [-0.15, -0.1) is 0 Å². The molecular weight excluding hydrogens is 196 g/mol. The Balaban J connectivity index is 4.20. The largest absolute Gasteiger partial charge is 0.444 e. The Morgan fingerprint density at radius 1 is 1.47 bits per heavy atom. The van der Waals surface area contributed by atoms with E-state index in [1.807, 2.05) is 0 Å². The molecule has 0 aromatic carbocycles. The summed E-state index contributed by atoms with van der Waals surface area (Å²) in [4.78, 5) is 11.3. The van der Waals surface area contributed by atoms with Crippen molar-refractivity contribution in [3.8, 4) is 0 Å². The predicted octanol–water partition coefficient (Wildman–Crippen LogP) is 0.609. The molecular formula is C10H22N2O3. The van der Waals surface area contributed by atoms with E-state index in [1.54, 1.807) is 34.6 Å². The highest BCUT2D eigenvalue weighted by atomic mass is 16.6. The van der Waals surface area contributed by atoms with Gasteiger partial charge in [-0.05, 0) is 34.6 Å². The zero-order valence-corrected chi connectivity index (χ0v) is 10.1. The van der Waals surface area contributed by atoms with Gasteiger partial charge in [-0.25, -0.2) is 4.79 Å². The van der Waals surface area contributed by atoms with Gasteiger partial charge in [0.15, 0.2) is 0 Å². The molecule has 0 saturated carbocycles. The molecule has 0 rings (SSSR count). The molecule has 0 aromatic rings. The molecule has 0 aliphatic carbocycles. The summed E-state index contributed by atoms with van der Waals surface area (Å²) in [5.41, 5.74) is 3.70.